The molecule has 1 N–H and O–H groups in total. The molecule has 0 amide bonds. The minimum atomic E-state index is -0.456. The highest BCUT2D eigenvalue weighted by molar-refractivity contribution is 5.90. The van der Waals surface area contributed by atoms with Gasteiger partial charge in [0.1, 0.15) is 5.60 Å². The molecule has 0 bridgehead atoms. The third-order valence-corrected chi connectivity index (χ3v) is 5.21. The Hall–Kier alpha value is -1.59. The Kier molecular flexibility index (Phi) is 6.20. The van der Waals surface area contributed by atoms with E-state index in [1.807, 2.05) is 32.9 Å². The van der Waals surface area contributed by atoms with Crippen molar-refractivity contribution in [3.8, 4) is 0 Å². The second kappa shape index (κ2) is 8.40. The van der Waals surface area contributed by atoms with Crippen LogP contribution in [0.1, 0.15) is 44.0 Å². The first-order valence-electron chi connectivity index (χ1n) is 9.92. The fourth-order valence-corrected chi connectivity index (χ4v) is 3.78. The third kappa shape index (κ3) is 5.45. The summed E-state index contributed by atoms with van der Waals surface area (Å²) < 4.78 is 5.43. The van der Waals surface area contributed by atoms with Crippen LogP contribution in [0.3, 0.4) is 0 Å². The minimum absolute atomic E-state index is 0.251. The van der Waals surface area contributed by atoms with Crippen LogP contribution in [0, 0.1) is 5.92 Å². The summed E-state index contributed by atoms with van der Waals surface area (Å²) in [5.41, 5.74) is 1.37. The zero-order chi connectivity index (χ0) is 18.6. The quantitative estimate of drug-likeness (QED) is 0.838. The number of nitrogens with zero attached hydrogens (tertiary/aromatic N) is 2. The van der Waals surface area contributed by atoms with Crippen molar-refractivity contribution in [2.45, 2.75) is 39.2 Å². The lowest BCUT2D eigenvalue weighted by molar-refractivity contribution is 0.00695. The molecule has 0 spiro atoms. The molecule has 144 valence electrons. The van der Waals surface area contributed by atoms with Gasteiger partial charge in [-0.2, -0.15) is 0 Å². The van der Waals surface area contributed by atoms with Crippen LogP contribution >= 0.6 is 0 Å². The van der Waals surface area contributed by atoms with Gasteiger partial charge in [0.15, 0.2) is 0 Å². The Balaban J connectivity index is 1.49. The highest BCUT2D eigenvalue weighted by Crippen LogP contribution is 2.25. The minimum Gasteiger partial charge on any atom is -0.456 e. The summed E-state index contributed by atoms with van der Waals surface area (Å²) in [5, 5.41) is 3.42. The van der Waals surface area contributed by atoms with Crippen molar-refractivity contribution < 1.29 is 9.53 Å². The van der Waals surface area contributed by atoms with Crippen molar-refractivity contribution >= 4 is 11.7 Å². The van der Waals surface area contributed by atoms with Gasteiger partial charge in [0.2, 0.25) is 0 Å². The van der Waals surface area contributed by atoms with E-state index in [4.69, 9.17) is 4.74 Å². The topological polar surface area (TPSA) is 44.8 Å². The van der Waals surface area contributed by atoms with Gasteiger partial charge in [-0.05, 0) is 63.8 Å². The Morgan fingerprint density at radius 2 is 1.69 bits per heavy atom. The molecule has 0 aromatic heterocycles. The number of nitrogens with one attached hydrogen (secondary N) is 1. The lowest BCUT2D eigenvalue weighted by Gasteiger charge is -2.37. The van der Waals surface area contributed by atoms with Crippen LogP contribution < -0.4 is 10.2 Å². The molecule has 0 saturated carbocycles. The average molecular weight is 360 g/mol. The number of piperazine rings is 1. The molecule has 0 atom stereocenters. The molecular formula is C21H33N3O2. The van der Waals surface area contributed by atoms with Gasteiger partial charge in [0, 0.05) is 51.5 Å². The van der Waals surface area contributed by atoms with Gasteiger partial charge in [-0.1, -0.05) is 0 Å². The fourth-order valence-electron chi connectivity index (χ4n) is 3.78. The largest absolute Gasteiger partial charge is 0.456 e. The fraction of sp³-hybridized carbons (Fsp3) is 0.667. The number of piperidine rings is 1. The van der Waals surface area contributed by atoms with Crippen molar-refractivity contribution in [3.05, 3.63) is 29.8 Å². The van der Waals surface area contributed by atoms with Gasteiger partial charge in [-0.15, -0.1) is 0 Å². The van der Waals surface area contributed by atoms with Crippen LogP contribution in [0.2, 0.25) is 0 Å². The van der Waals surface area contributed by atoms with E-state index in [-0.39, 0.29) is 5.97 Å². The molecule has 5 nitrogen and oxygen atoms in total. The standard InChI is InChI=1S/C21H33N3O2/c1-21(2,3)26-20(25)18-4-6-19(7-5-18)24-12-8-17(9-13-24)16-23-14-10-22-11-15-23/h4-7,17,22H,8-16H2,1-3H3. The molecule has 0 aliphatic carbocycles. The Bertz CT molecular complexity index is 580. The highest BCUT2D eigenvalue weighted by Gasteiger charge is 2.23. The van der Waals surface area contributed by atoms with E-state index in [0.29, 0.717) is 5.56 Å². The summed E-state index contributed by atoms with van der Waals surface area (Å²) in [7, 11) is 0. The first kappa shape index (κ1) is 19.2. The van der Waals surface area contributed by atoms with Gasteiger partial charge in [-0.3, -0.25) is 0 Å². The monoisotopic (exact) mass is 359 g/mol. The molecular weight excluding hydrogens is 326 g/mol. The van der Waals surface area contributed by atoms with Crippen LogP contribution in [0.4, 0.5) is 5.69 Å². The maximum atomic E-state index is 12.1. The van der Waals surface area contributed by atoms with Crippen molar-refractivity contribution in [1.82, 2.24) is 10.2 Å². The summed E-state index contributed by atoms with van der Waals surface area (Å²) in [6.07, 6.45) is 2.50. The first-order valence-corrected chi connectivity index (χ1v) is 9.92. The molecule has 2 saturated heterocycles. The summed E-state index contributed by atoms with van der Waals surface area (Å²) in [4.78, 5) is 17.2. The van der Waals surface area contributed by atoms with E-state index in [0.717, 1.165) is 32.1 Å². The Labute approximate surface area is 157 Å². The smallest absolute Gasteiger partial charge is 0.338 e. The van der Waals surface area contributed by atoms with E-state index < -0.39 is 5.60 Å². The maximum absolute atomic E-state index is 12.1. The molecule has 26 heavy (non-hydrogen) atoms. The van der Waals surface area contributed by atoms with Gasteiger partial charge < -0.3 is 19.9 Å². The maximum Gasteiger partial charge on any atom is 0.338 e. The molecule has 1 aromatic rings. The predicted molar refractivity (Wildman–Crippen MR) is 106 cm³/mol. The van der Waals surface area contributed by atoms with Gasteiger partial charge in [0.25, 0.3) is 0 Å². The molecule has 0 unspecified atom stereocenters. The summed E-state index contributed by atoms with van der Waals surface area (Å²) >= 11 is 0. The van der Waals surface area contributed by atoms with Crippen LogP contribution in [0.25, 0.3) is 0 Å². The summed E-state index contributed by atoms with van der Waals surface area (Å²) in [5.74, 6) is 0.559. The van der Waals surface area contributed by atoms with E-state index >= 15 is 0 Å². The normalized spacial score (nSPS) is 20.2. The number of hydrogen-bond donors (Lipinski definition) is 1. The summed E-state index contributed by atoms with van der Waals surface area (Å²) in [6.45, 7) is 13.8. The first-order chi connectivity index (χ1) is 12.4. The molecule has 2 heterocycles. The van der Waals surface area contributed by atoms with Crippen LogP contribution in [0.5, 0.6) is 0 Å². The molecule has 5 heteroatoms. The number of benzene rings is 1. The molecule has 0 radical (unpaired) electrons. The number of hydrogen-bond acceptors (Lipinski definition) is 5. The molecule has 1 aromatic carbocycles. The van der Waals surface area contributed by atoms with Gasteiger partial charge in [-0.25, -0.2) is 4.79 Å². The third-order valence-electron chi connectivity index (χ3n) is 5.21. The average Bonchev–Trinajstić information content (AvgIpc) is 2.62. The molecule has 2 aliphatic rings. The van der Waals surface area contributed by atoms with Crippen LogP contribution in [-0.2, 0) is 4.74 Å². The number of carbonyl (C=O) groups is 1. The number of anilines is 1. The van der Waals surface area contributed by atoms with E-state index in [2.05, 4.69) is 27.2 Å². The van der Waals surface area contributed by atoms with E-state index in [1.165, 1.54) is 38.2 Å². The summed E-state index contributed by atoms with van der Waals surface area (Å²) in [6, 6.07) is 7.87. The number of carbonyl (C=O) groups excluding carboxylic acids is 1. The predicted octanol–water partition coefficient (Wildman–Crippen LogP) is 2.76. The van der Waals surface area contributed by atoms with E-state index in [1.54, 1.807) is 0 Å². The van der Waals surface area contributed by atoms with Gasteiger partial charge >= 0.3 is 5.97 Å². The van der Waals surface area contributed by atoms with Crippen molar-refractivity contribution in [2.75, 3.05) is 50.7 Å². The second-order valence-electron chi connectivity index (χ2n) is 8.53. The Morgan fingerprint density at radius 1 is 1.08 bits per heavy atom. The molecule has 2 fully saturated rings. The number of ether oxygens (including phenoxy) is 1. The van der Waals surface area contributed by atoms with Crippen LogP contribution in [0.15, 0.2) is 24.3 Å². The van der Waals surface area contributed by atoms with Crippen molar-refractivity contribution in [3.63, 3.8) is 0 Å². The number of rotatable bonds is 4. The SMILES string of the molecule is CC(C)(C)OC(=O)c1ccc(N2CCC(CN3CCNCC3)CC2)cc1. The molecule has 3 rings (SSSR count). The lowest BCUT2D eigenvalue weighted by atomic mass is 9.95. The second-order valence-corrected chi connectivity index (χ2v) is 8.53. The Morgan fingerprint density at radius 3 is 2.27 bits per heavy atom. The van der Waals surface area contributed by atoms with Crippen molar-refractivity contribution in [2.24, 2.45) is 5.92 Å². The van der Waals surface area contributed by atoms with E-state index in [9.17, 15) is 4.79 Å². The van der Waals surface area contributed by atoms with Gasteiger partial charge in [0.05, 0.1) is 5.56 Å². The molecule has 2 aliphatic heterocycles. The zero-order valence-electron chi connectivity index (χ0n) is 16.5. The van der Waals surface area contributed by atoms with Crippen LogP contribution in [-0.4, -0.2) is 62.3 Å². The van der Waals surface area contributed by atoms with Crippen molar-refractivity contribution in [1.29, 1.82) is 0 Å². The zero-order valence-corrected chi connectivity index (χ0v) is 16.5. The highest BCUT2D eigenvalue weighted by atomic mass is 16.6. The lowest BCUT2D eigenvalue weighted by Crippen LogP contribution is -2.46. The number of esters is 1.